The fourth-order valence-corrected chi connectivity index (χ4v) is 4.04. The highest BCUT2D eigenvalue weighted by Crippen LogP contribution is 2.36. The van der Waals surface area contributed by atoms with E-state index in [1.165, 1.54) is 6.07 Å². The SMILES string of the molecule is C=CCC(Cc1ccc(OCc2ccc(C(C)(C)C)c(-c3cc(OC)ccc3F)c2)cc1)C(=O)O. The zero-order chi connectivity index (χ0) is 25.6. The number of carbonyl (C=O) groups is 1. The number of hydrogen-bond donors (Lipinski definition) is 1. The number of carboxylic acid groups (broad SMARTS) is 1. The van der Waals surface area contributed by atoms with Gasteiger partial charge >= 0.3 is 5.97 Å². The number of rotatable bonds is 10. The topological polar surface area (TPSA) is 55.8 Å². The van der Waals surface area contributed by atoms with E-state index in [1.54, 1.807) is 25.3 Å². The highest BCUT2D eigenvalue weighted by Gasteiger charge is 2.21. The third-order valence-electron chi connectivity index (χ3n) is 5.97. The van der Waals surface area contributed by atoms with Gasteiger partial charge in [-0.25, -0.2) is 4.39 Å². The van der Waals surface area contributed by atoms with Crippen LogP contribution in [0, 0.1) is 11.7 Å². The van der Waals surface area contributed by atoms with E-state index >= 15 is 0 Å². The Morgan fingerprint density at radius 3 is 2.26 bits per heavy atom. The summed E-state index contributed by atoms with van der Waals surface area (Å²) in [4.78, 5) is 11.4. The molecule has 35 heavy (non-hydrogen) atoms. The van der Waals surface area contributed by atoms with Gasteiger partial charge in [-0.05, 0) is 76.9 Å². The fraction of sp³-hybridized carbons (Fsp3) is 0.300. The lowest BCUT2D eigenvalue weighted by Gasteiger charge is -2.24. The molecule has 0 spiro atoms. The molecule has 0 heterocycles. The Morgan fingerprint density at radius 2 is 1.66 bits per heavy atom. The first kappa shape index (κ1) is 26.0. The van der Waals surface area contributed by atoms with Crippen LogP contribution in [0.5, 0.6) is 11.5 Å². The van der Waals surface area contributed by atoms with Gasteiger partial charge in [0.1, 0.15) is 23.9 Å². The second kappa shape index (κ2) is 11.2. The van der Waals surface area contributed by atoms with Gasteiger partial charge in [0.2, 0.25) is 0 Å². The Hall–Kier alpha value is -3.60. The first-order chi connectivity index (χ1) is 16.6. The molecule has 0 aliphatic rings. The highest BCUT2D eigenvalue weighted by atomic mass is 19.1. The Labute approximate surface area is 207 Å². The Kier molecular flexibility index (Phi) is 8.34. The minimum atomic E-state index is -0.827. The molecule has 0 saturated carbocycles. The van der Waals surface area contributed by atoms with Crippen LogP contribution in [-0.4, -0.2) is 18.2 Å². The maximum Gasteiger partial charge on any atom is 0.307 e. The maximum atomic E-state index is 14.8. The molecule has 0 bridgehead atoms. The number of hydrogen-bond acceptors (Lipinski definition) is 3. The average Bonchev–Trinajstić information content (AvgIpc) is 2.82. The number of allylic oxidation sites excluding steroid dienone is 1. The van der Waals surface area contributed by atoms with E-state index in [-0.39, 0.29) is 11.2 Å². The Balaban J connectivity index is 1.81. The van der Waals surface area contributed by atoms with Crippen LogP contribution in [0.25, 0.3) is 11.1 Å². The summed E-state index contributed by atoms with van der Waals surface area (Å²) in [6.07, 6.45) is 2.49. The molecule has 3 aromatic carbocycles. The quantitative estimate of drug-likeness (QED) is 0.315. The van der Waals surface area contributed by atoms with Crippen molar-refractivity contribution in [2.24, 2.45) is 5.92 Å². The lowest BCUT2D eigenvalue weighted by Crippen LogP contribution is -2.15. The number of halogens is 1. The van der Waals surface area contributed by atoms with Gasteiger partial charge in [0, 0.05) is 5.56 Å². The molecule has 0 aromatic heterocycles. The first-order valence-corrected chi connectivity index (χ1v) is 11.6. The van der Waals surface area contributed by atoms with E-state index < -0.39 is 11.9 Å². The van der Waals surface area contributed by atoms with E-state index in [1.807, 2.05) is 42.5 Å². The molecular formula is C30H33FO4. The van der Waals surface area contributed by atoms with E-state index in [4.69, 9.17) is 9.47 Å². The monoisotopic (exact) mass is 476 g/mol. The molecule has 0 amide bonds. The van der Waals surface area contributed by atoms with Crippen molar-refractivity contribution in [3.63, 3.8) is 0 Å². The summed E-state index contributed by atoms with van der Waals surface area (Å²) in [5.41, 5.74) is 4.00. The molecule has 3 aromatic rings. The van der Waals surface area contributed by atoms with Crippen LogP contribution in [0.3, 0.4) is 0 Å². The molecule has 0 aliphatic carbocycles. The van der Waals surface area contributed by atoms with Crippen molar-refractivity contribution in [2.45, 2.75) is 45.6 Å². The van der Waals surface area contributed by atoms with Crippen LogP contribution in [0.2, 0.25) is 0 Å². The van der Waals surface area contributed by atoms with Gasteiger partial charge in [-0.1, -0.05) is 51.1 Å². The largest absolute Gasteiger partial charge is 0.497 e. The fourth-order valence-electron chi connectivity index (χ4n) is 4.04. The Morgan fingerprint density at radius 1 is 1.00 bits per heavy atom. The molecule has 0 radical (unpaired) electrons. The average molecular weight is 477 g/mol. The molecule has 0 aliphatic heterocycles. The molecular weight excluding hydrogens is 443 g/mol. The number of benzene rings is 3. The zero-order valence-corrected chi connectivity index (χ0v) is 20.8. The number of carboxylic acids is 1. The third kappa shape index (κ3) is 6.72. The summed E-state index contributed by atoms with van der Waals surface area (Å²) < 4.78 is 26.2. The summed E-state index contributed by atoms with van der Waals surface area (Å²) >= 11 is 0. The number of methoxy groups -OCH3 is 1. The molecule has 1 atom stereocenters. The van der Waals surface area contributed by atoms with Crippen molar-refractivity contribution in [1.82, 2.24) is 0 Å². The van der Waals surface area contributed by atoms with Gasteiger partial charge in [0.15, 0.2) is 0 Å². The molecule has 5 heteroatoms. The van der Waals surface area contributed by atoms with E-state index in [0.29, 0.717) is 36.5 Å². The van der Waals surface area contributed by atoms with E-state index in [0.717, 1.165) is 22.3 Å². The van der Waals surface area contributed by atoms with Gasteiger partial charge in [-0.2, -0.15) is 0 Å². The van der Waals surface area contributed by atoms with Crippen LogP contribution < -0.4 is 9.47 Å². The smallest absolute Gasteiger partial charge is 0.307 e. The van der Waals surface area contributed by atoms with Crippen molar-refractivity contribution >= 4 is 5.97 Å². The van der Waals surface area contributed by atoms with E-state index in [2.05, 4.69) is 27.4 Å². The lowest BCUT2D eigenvalue weighted by atomic mass is 9.81. The van der Waals surface area contributed by atoms with Crippen molar-refractivity contribution in [3.05, 3.63) is 95.8 Å². The summed E-state index contributed by atoms with van der Waals surface area (Å²) in [7, 11) is 1.57. The molecule has 1 N–H and O–H groups in total. The van der Waals surface area contributed by atoms with Crippen molar-refractivity contribution in [3.8, 4) is 22.6 Å². The molecule has 4 nitrogen and oxygen atoms in total. The predicted octanol–water partition coefficient (Wildman–Crippen LogP) is 7.20. The summed E-state index contributed by atoms with van der Waals surface area (Å²) in [6.45, 7) is 10.3. The molecule has 184 valence electrons. The normalized spacial score (nSPS) is 12.1. The lowest BCUT2D eigenvalue weighted by molar-refractivity contribution is -0.141. The van der Waals surface area contributed by atoms with Gasteiger partial charge in [-0.3, -0.25) is 4.79 Å². The second-order valence-electron chi connectivity index (χ2n) is 9.67. The maximum absolute atomic E-state index is 14.8. The van der Waals surface area contributed by atoms with Crippen LogP contribution in [0.4, 0.5) is 4.39 Å². The standard InChI is InChI=1S/C30H33FO4/c1-6-7-22(29(32)33)16-20-8-11-23(12-9-20)35-19-21-10-14-27(30(2,3)4)25(17-21)26-18-24(34-5)13-15-28(26)31/h6,8-15,17-18,22H,1,7,16,19H2,2-5H3,(H,32,33). The van der Waals surface area contributed by atoms with Crippen LogP contribution in [0.15, 0.2) is 73.3 Å². The number of aliphatic carboxylic acids is 1. The van der Waals surface area contributed by atoms with Gasteiger partial charge in [-0.15, -0.1) is 6.58 Å². The summed E-state index contributed by atoms with van der Waals surface area (Å²) in [5, 5.41) is 9.35. The zero-order valence-electron chi connectivity index (χ0n) is 20.8. The number of ether oxygens (including phenoxy) is 2. The Bertz CT molecular complexity index is 1180. The van der Waals surface area contributed by atoms with Gasteiger partial charge in [0.25, 0.3) is 0 Å². The highest BCUT2D eigenvalue weighted by molar-refractivity contribution is 5.72. The van der Waals surface area contributed by atoms with Crippen LogP contribution in [-0.2, 0) is 23.2 Å². The minimum Gasteiger partial charge on any atom is -0.497 e. The molecule has 3 rings (SSSR count). The molecule has 0 saturated heterocycles. The molecule has 1 unspecified atom stereocenters. The van der Waals surface area contributed by atoms with Crippen molar-refractivity contribution in [2.75, 3.05) is 7.11 Å². The van der Waals surface area contributed by atoms with Crippen molar-refractivity contribution < 1.29 is 23.8 Å². The van der Waals surface area contributed by atoms with Crippen molar-refractivity contribution in [1.29, 1.82) is 0 Å². The third-order valence-corrected chi connectivity index (χ3v) is 5.97. The molecule has 0 fully saturated rings. The van der Waals surface area contributed by atoms with Gasteiger partial charge in [0.05, 0.1) is 13.0 Å². The van der Waals surface area contributed by atoms with Crippen LogP contribution >= 0.6 is 0 Å². The van der Waals surface area contributed by atoms with Crippen LogP contribution in [0.1, 0.15) is 43.9 Å². The summed E-state index contributed by atoms with van der Waals surface area (Å²) in [5.74, 6) is -0.344. The second-order valence-corrected chi connectivity index (χ2v) is 9.67. The predicted molar refractivity (Wildman–Crippen MR) is 138 cm³/mol. The van der Waals surface area contributed by atoms with Gasteiger partial charge < -0.3 is 14.6 Å². The minimum absolute atomic E-state index is 0.181. The van der Waals surface area contributed by atoms with E-state index in [9.17, 15) is 14.3 Å². The first-order valence-electron chi connectivity index (χ1n) is 11.6. The summed E-state index contributed by atoms with van der Waals surface area (Å²) in [6, 6.07) is 18.2.